The van der Waals surface area contributed by atoms with Crippen molar-refractivity contribution in [3.63, 3.8) is 0 Å². The molecule has 0 saturated heterocycles. The standard InChI is InChI=1S/C15H18FN3/c1-10(17)11-6-7-14(12(16)8-11)19-9-18-13-4-2-3-5-15(13)19/h6-10H,2-5,17H2,1H3. The van der Waals surface area contributed by atoms with E-state index in [9.17, 15) is 4.39 Å². The van der Waals surface area contributed by atoms with Crippen LogP contribution in [0.3, 0.4) is 0 Å². The summed E-state index contributed by atoms with van der Waals surface area (Å²) in [4.78, 5) is 4.40. The molecule has 0 radical (unpaired) electrons. The van der Waals surface area contributed by atoms with Crippen molar-refractivity contribution in [3.05, 3.63) is 47.3 Å². The molecular formula is C15H18FN3. The Morgan fingerprint density at radius 3 is 2.84 bits per heavy atom. The molecule has 4 heteroatoms. The Hall–Kier alpha value is -1.68. The topological polar surface area (TPSA) is 43.8 Å². The van der Waals surface area contributed by atoms with Gasteiger partial charge in [0.2, 0.25) is 0 Å². The van der Waals surface area contributed by atoms with Crippen molar-refractivity contribution in [3.8, 4) is 5.69 Å². The van der Waals surface area contributed by atoms with Crippen LogP contribution >= 0.6 is 0 Å². The first-order valence-electron chi connectivity index (χ1n) is 6.77. The van der Waals surface area contributed by atoms with Gasteiger partial charge in [-0.2, -0.15) is 0 Å². The highest BCUT2D eigenvalue weighted by Gasteiger charge is 2.18. The van der Waals surface area contributed by atoms with E-state index in [1.165, 1.54) is 12.5 Å². The molecular weight excluding hydrogens is 241 g/mol. The number of aryl methyl sites for hydroxylation is 1. The summed E-state index contributed by atoms with van der Waals surface area (Å²) in [5.74, 6) is -0.236. The van der Waals surface area contributed by atoms with Gasteiger partial charge >= 0.3 is 0 Å². The second-order valence-electron chi connectivity index (χ2n) is 5.21. The Balaban J connectivity index is 2.05. The highest BCUT2D eigenvalue weighted by molar-refractivity contribution is 5.40. The SMILES string of the molecule is CC(N)c1ccc(-n2cnc3c2CCCC3)c(F)c1. The zero-order valence-electron chi connectivity index (χ0n) is 11.1. The van der Waals surface area contributed by atoms with E-state index in [1.807, 2.05) is 17.6 Å². The molecule has 0 fully saturated rings. The number of halogens is 1. The third-order valence-electron chi connectivity index (χ3n) is 3.79. The van der Waals surface area contributed by atoms with E-state index in [0.29, 0.717) is 5.69 Å². The van der Waals surface area contributed by atoms with E-state index in [1.54, 1.807) is 12.4 Å². The van der Waals surface area contributed by atoms with Crippen LogP contribution in [0.5, 0.6) is 0 Å². The normalized spacial score (nSPS) is 16.2. The molecule has 2 aromatic rings. The smallest absolute Gasteiger partial charge is 0.147 e. The fourth-order valence-corrected chi connectivity index (χ4v) is 2.68. The van der Waals surface area contributed by atoms with Gasteiger partial charge in [-0.25, -0.2) is 9.37 Å². The summed E-state index contributed by atoms with van der Waals surface area (Å²) in [5.41, 5.74) is 9.43. The number of hydrogen-bond donors (Lipinski definition) is 1. The highest BCUT2D eigenvalue weighted by atomic mass is 19.1. The number of imidazole rings is 1. The average molecular weight is 259 g/mol. The van der Waals surface area contributed by atoms with Gasteiger partial charge in [0.1, 0.15) is 5.82 Å². The first-order chi connectivity index (χ1) is 9.16. The minimum atomic E-state index is -0.236. The van der Waals surface area contributed by atoms with Gasteiger partial charge in [-0.3, -0.25) is 0 Å². The van der Waals surface area contributed by atoms with E-state index in [4.69, 9.17) is 5.73 Å². The predicted molar refractivity (Wildman–Crippen MR) is 72.8 cm³/mol. The maximum atomic E-state index is 14.2. The molecule has 1 aliphatic carbocycles. The molecule has 1 aromatic heterocycles. The van der Waals surface area contributed by atoms with Crippen molar-refractivity contribution in [2.75, 3.05) is 0 Å². The molecule has 1 unspecified atom stereocenters. The number of nitrogens with zero attached hydrogens (tertiary/aromatic N) is 2. The number of aromatic nitrogens is 2. The third-order valence-corrected chi connectivity index (χ3v) is 3.79. The molecule has 0 aliphatic heterocycles. The molecule has 0 saturated carbocycles. The van der Waals surface area contributed by atoms with Gasteiger partial charge < -0.3 is 10.3 Å². The largest absolute Gasteiger partial charge is 0.324 e. The zero-order chi connectivity index (χ0) is 13.4. The van der Waals surface area contributed by atoms with Crippen molar-refractivity contribution in [2.24, 2.45) is 5.73 Å². The van der Waals surface area contributed by atoms with Crippen molar-refractivity contribution in [1.29, 1.82) is 0 Å². The Morgan fingerprint density at radius 1 is 1.32 bits per heavy atom. The second kappa shape index (κ2) is 4.78. The van der Waals surface area contributed by atoms with Crippen LogP contribution in [0.15, 0.2) is 24.5 Å². The van der Waals surface area contributed by atoms with Crippen LogP contribution in [0.25, 0.3) is 5.69 Å². The van der Waals surface area contributed by atoms with Crippen molar-refractivity contribution in [2.45, 2.75) is 38.6 Å². The lowest BCUT2D eigenvalue weighted by Crippen LogP contribution is -2.09. The maximum Gasteiger partial charge on any atom is 0.147 e. The van der Waals surface area contributed by atoms with Gasteiger partial charge in [0.05, 0.1) is 17.7 Å². The lowest BCUT2D eigenvalue weighted by Gasteiger charge is -2.15. The summed E-state index contributed by atoms with van der Waals surface area (Å²) in [6.45, 7) is 1.85. The van der Waals surface area contributed by atoms with Gasteiger partial charge in [0, 0.05) is 11.7 Å². The fourth-order valence-electron chi connectivity index (χ4n) is 2.68. The molecule has 3 nitrogen and oxygen atoms in total. The predicted octanol–water partition coefficient (Wildman–Crippen LogP) is 2.91. The van der Waals surface area contributed by atoms with Crippen molar-refractivity contribution in [1.82, 2.24) is 9.55 Å². The van der Waals surface area contributed by atoms with Crippen LogP contribution in [0.2, 0.25) is 0 Å². The summed E-state index contributed by atoms with van der Waals surface area (Å²) < 4.78 is 16.1. The number of hydrogen-bond acceptors (Lipinski definition) is 2. The van der Waals surface area contributed by atoms with Crippen molar-refractivity contribution < 1.29 is 4.39 Å². The summed E-state index contributed by atoms with van der Waals surface area (Å²) in [6.07, 6.45) is 6.04. The molecule has 1 aromatic carbocycles. The van der Waals surface area contributed by atoms with Gasteiger partial charge in [0.25, 0.3) is 0 Å². The van der Waals surface area contributed by atoms with Gasteiger partial charge in [0.15, 0.2) is 0 Å². The summed E-state index contributed by atoms with van der Waals surface area (Å²) >= 11 is 0. The monoisotopic (exact) mass is 259 g/mol. The number of nitrogens with two attached hydrogens (primary N) is 1. The Bertz CT molecular complexity index is 601. The average Bonchev–Trinajstić information content (AvgIpc) is 2.82. The lowest BCUT2D eigenvalue weighted by atomic mass is 10.0. The van der Waals surface area contributed by atoms with Gasteiger partial charge in [-0.05, 0) is 50.3 Å². The molecule has 0 spiro atoms. The molecule has 100 valence electrons. The Kier molecular flexibility index (Phi) is 3.11. The van der Waals surface area contributed by atoms with E-state index in [0.717, 1.165) is 36.2 Å². The Morgan fingerprint density at radius 2 is 2.11 bits per heavy atom. The van der Waals surface area contributed by atoms with Crippen molar-refractivity contribution >= 4 is 0 Å². The summed E-state index contributed by atoms with van der Waals surface area (Å²) in [5, 5.41) is 0. The fraction of sp³-hybridized carbons (Fsp3) is 0.400. The lowest BCUT2D eigenvalue weighted by molar-refractivity contribution is 0.604. The van der Waals surface area contributed by atoms with Gasteiger partial charge in [-0.15, -0.1) is 0 Å². The summed E-state index contributed by atoms with van der Waals surface area (Å²) in [7, 11) is 0. The van der Waals surface area contributed by atoms with Crippen LogP contribution < -0.4 is 5.73 Å². The first-order valence-corrected chi connectivity index (χ1v) is 6.77. The van der Waals surface area contributed by atoms with E-state index in [-0.39, 0.29) is 11.9 Å². The first kappa shape index (κ1) is 12.4. The summed E-state index contributed by atoms with van der Waals surface area (Å²) in [6, 6.07) is 5.05. The third kappa shape index (κ3) is 2.16. The molecule has 1 heterocycles. The molecule has 1 atom stereocenters. The minimum absolute atomic E-state index is 0.153. The molecule has 2 N–H and O–H groups in total. The number of benzene rings is 1. The highest BCUT2D eigenvalue weighted by Crippen LogP contribution is 2.25. The molecule has 19 heavy (non-hydrogen) atoms. The van der Waals surface area contributed by atoms with Crippen LogP contribution in [0.4, 0.5) is 4.39 Å². The number of rotatable bonds is 2. The van der Waals surface area contributed by atoms with E-state index in [2.05, 4.69) is 4.98 Å². The molecule has 0 bridgehead atoms. The van der Waals surface area contributed by atoms with Crippen LogP contribution in [-0.2, 0) is 12.8 Å². The van der Waals surface area contributed by atoms with E-state index < -0.39 is 0 Å². The zero-order valence-corrected chi connectivity index (χ0v) is 11.1. The van der Waals surface area contributed by atoms with Gasteiger partial charge in [-0.1, -0.05) is 6.07 Å². The van der Waals surface area contributed by atoms with Crippen LogP contribution in [-0.4, -0.2) is 9.55 Å². The molecule has 0 amide bonds. The van der Waals surface area contributed by atoms with Crippen LogP contribution in [0.1, 0.15) is 42.8 Å². The van der Waals surface area contributed by atoms with Crippen LogP contribution in [0, 0.1) is 5.82 Å². The molecule has 3 rings (SSSR count). The second-order valence-corrected chi connectivity index (χ2v) is 5.21. The maximum absolute atomic E-state index is 14.2. The number of fused-ring (bicyclic) bond motifs is 1. The Labute approximate surface area is 112 Å². The minimum Gasteiger partial charge on any atom is -0.324 e. The van der Waals surface area contributed by atoms with E-state index >= 15 is 0 Å². The quantitative estimate of drug-likeness (QED) is 0.901. The molecule has 1 aliphatic rings.